The number of anilines is 1. The predicted molar refractivity (Wildman–Crippen MR) is 107 cm³/mol. The van der Waals surface area contributed by atoms with Crippen molar-refractivity contribution in [2.24, 2.45) is 0 Å². The molecule has 0 saturated heterocycles. The molecule has 0 fully saturated rings. The number of halogens is 1. The molecule has 2 aromatic carbocycles. The normalized spacial score (nSPS) is 16.2. The van der Waals surface area contributed by atoms with Crippen molar-refractivity contribution < 1.29 is 13.2 Å². The van der Waals surface area contributed by atoms with Gasteiger partial charge in [0.15, 0.2) is 0 Å². The highest BCUT2D eigenvalue weighted by Crippen LogP contribution is 2.39. The number of para-hydroxylation sites is 1. The Morgan fingerprint density at radius 3 is 2.77 bits per heavy atom. The molecule has 7 nitrogen and oxygen atoms in total. The van der Waals surface area contributed by atoms with Crippen LogP contribution in [0, 0.1) is 5.82 Å². The topological polar surface area (TPSA) is 84.0 Å². The Kier molecular flexibility index (Phi) is 3.70. The lowest BCUT2D eigenvalue weighted by atomic mass is 10.0. The largest absolute Gasteiger partial charge is 0.458 e. The summed E-state index contributed by atoms with van der Waals surface area (Å²) in [5, 5.41) is 9.45. The van der Waals surface area contributed by atoms with E-state index in [9.17, 15) is 4.39 Å². The maximum atomic E-state index is 13.2. The number of fused-ring (bicyclic) bond motifs is 2. The highest BCUT2D eigenvalue weighted by atomic mass is 19.1. The minimum Gasteiger partial charge on any atom is -0.458 e. The molecule has 1 aliphatic heterocycles. The van der Waals surface area contributed by atoms with Crippen molar-refractivity contribution >= 4 is 17.0 Å². The van der Waals surface area contributed by atoms with Crippen LogP contribution in [-0.4, -0.2) is 26.7 Å². The first-order valence-corrected chi connectivity index (χ1v) is 9.63. The van der Waals surface area contributed by atoms with Gasteiger partial charge in [-0.1, -0.05) is 23.3 Å². The van der Waals surface area contributed by atoms with E-state index < -0.39 is 0 Å². The molecule has 1 N–H and O–H groups in total. The van der Waals surface area contributed by atoms with Crippen molar-refractivity contribution in [3.8, 4) is 11.5 Å². The number of hydrogen-bond acceptors (Lipinski definition) is 6. The first-order valence-electron chi connectivity index (χ1n) is 9.63. The summed E-state index contributed by atoms with van der Waals surface area (Å²) < 4.78 is 25.4. The van der Waals surface area contributed by atoms with Crippen LogP contribution in [0.1, 0.15) is 23.2 Å². The number of H-pyrrole nitrogens is 1. The van der Waals surface area contributed by atoms with Gasteiger partial charge in [0.05, 0.1) is 12.0 Å². The number of nitrogens with zero attached hydrogens (tertiary/aromatic N) is 4. The molecule has 0 spiro atoms. The fourth-order valence-corrected chi connectivity index (χ4v) is 3.95. The lowest BCUT2D eigenvalue weighted by Gasteiger charge is -2.32. The third-order valence-corrected chi connectivity index (χ3v) is 5.39. The summed E-state index contributed by atoms with van der Waals surface area (Å²) in [6.45, 7) is 0.655. The molecule has 0 unspecified atom stereocenters. The maximum absolute atomic E-state index is 13.2. The summed E-state index contributed by atoms with van der Waals surface area (Å²) in [7, 11) is 0. The monoisotopic (exact) mass is 401 g/mol. The van der Waals surface area contributed by atoms with E-state index in [-0.39, 0.29) is 11.9 Å². The second kappa shape index (κ2) is 6.55. The Hall–Kier alpha value is -3.94. The second-order valence-electron chi connectivity index (χ2n) is 7.20. The fourth-order valence-electron chi connectivity index (χ4n) is 3.95. The highest BCUT2D eigenvalue weighted by Gasteiger charge is 2.36. The molecule has 0 radical (unpaired) electrons. The van der Waals surface area contributed by atoms with Gasteiger partial charge in [0, 0.05) is 29.6 Å². The second-order valence-corrected chi connectivity index (χ2v) is 7.20. The van der Waals surface area contributed by atoms with Crippen LogP contribution in [0.4, 0.5) is 10.4 Å². The molecule has 4 heterocycles. The fraction of sp³-hybridized carbons (Fsp3) is 0.136. The zero-order valence-electron chi connectivity index (χ0n) is 15.7. The number of rotatable bonds is 3. The Labute approximate surface area is 170 Å². The van der Waals surface area contributed by atoms with Gasteiger partial charge in [-0.05, 0) is 36.4 Å². The number of furan rings is 1. The van der Waals surface area contributed by atoms with Crippen molar-refractivity contribution in [2.75, 3.05) is 11.4 Å². The first-order chi connectivity index (χ1) is 14.8. The number of imidazole rings is 1. The van der Waals surface area contributed by atoms with Gasteiger partial charge in [-0.15, -0.1) is 5.10 Å². The van der Waals surface area contributed by atoms with E-state index in [4.69, 9.17) is 8.83 Å². The van der Waals surface area contributed by atoms with Crippen LogP contribution in [0.3, 0.4) is 0 Å². The average molecular weight is 401 g/mol. The number of aromatic nitrogens is 4. The third kappa shape index (κ3) is 2.68. The number of hydrogen-bond donors (Lipinski definition) is 1. The molecule has 0 amide bonds. The number of nitrogens with one attached hydrogen (secondary N) is 1. The van der Waals surface area contributed by atoms with Crippen molar-refractivity contribution in [2.45, 2.75) is 12.5 Å². The Morgan fingerprint density at radius 2 is 1.90 bits per heavy atom. The summed E-state index contributed by atoms with van der Waals surface area (Å²) in [6, 6.07) is 15.9. The van der Waals surface area contributed by atoms with Gasteiger partial charge >= 0.3 is 6.01 Å². The quantitative estimate of drug-likeness (QED) is 0.479. The number of aromatic amines is 1. The standard InChI is InChI=1S/C22H16FN5O2/c23-15-7-5-13(6-8-15)21-26-27-22(30-21)28-10-9-16-19(25-12-24-16)20(28)18-11-14-3-1-2-4-17(14)29-18/h1-8,11-12,20H,9-10H2,(H,24,25)/t20-/m0/s1. The van der Waals surface area contributed by atoms with E-state index in [1.165, 1.54) is 12.1 Å². The summed E-state index contributed by atoms with van der Waals surface area (Å²) in [4.78, 5) is 9.77. The molecular formula is C22H16FN5O2. The lowest BCUT2D eigenvalue weighted by molar-refractivity contribution is 0.453. The zero-order valence-corrected chi connectivity index (χ0v) is 15.7. The van der Waals surface area contributed by atoms with Crippen LogP contribution < -0.4 is 4.90 Å². The molecule has 5 aromatic rings. The van der Waals surface area contributed by atoms with Crippen LogP contribution in [0.5, 0.6) is 0 Å². The van der Waals surface area contributed by atoms with Gasteiger partial charge in [-0.2, -0.15) is 0 Å². The molecule has 0 bridgehead atoms. The highest BCUT2D eigenvalue weighted by molar-refractivity contribution is 5.78. The molecule has 8 heteroatoms. The molecule has 1 aliphatic rings. The van der Waals surface area contributed by atoms with Crippen molar-refractivity contribution in [1.82, 2.24) is 20.2 Å². The SMILES string of the molecule is Fc1ccc(-c2nnc(N3CCc4[nH]cnc4[C@@H]3c3cc4ccccc4o3)o2)cc1. The van der Waals surface area contributed by atoms with Crippen LogP contribution >= 0.6 is 0 Å². The molecule has 6 rings (SSSR count). The van der Waals surface area contributed by atoms with Gasteiger partial charge in [-0.3, -0.25) is 0 Å². The van der Waals surface area contributed by atoms with Gasteiger partial charge in [0.2, 0.25) is 5.89 Å². The predicted octanol–water partition coefficient (Wildman–Crippen LogP) is 4.50. The zero-order chi connectivity index (χ0) is 20.1. The van der Waals surface area contributed by atoms with E-state index >= 15 is 0 Å². The minimum absolute atomic E-state index is 0.297. The Bertz CT molecular complexity index is 1300. The number of benzene rings is 2. The summed E-state index contributed by atoms with van der Waals surface area (Å²) in [5.41, 5.74) is 3.41. The van der Waals surface area contributed by atoms with E-state index in [0.29, 0.717) is 24.0 Å². The molecule has 1 atom stereocenters. The summed E-state index contributed by atoms with van der Waals surface area (Å²) in [6.07, 6.45) is 2.46. The Morgan fingerprint density at radius 1 is 1.03 bits per heavy atom. The van der Waals surface area contributed by atoms with Gasteiger partial charge in [0.25, 0.3) is 0 Å². The molecule has 148 valence electrons. The van der Waals surface area contributed by atoms with E-state index in [2.05, 4.69) is 20.2 Å². The summed E-state index contributed by atoms with van der Waals surface area (Å²) in [5.74, 6) is 0.775. The third-order valence-electron chi connectivity index (χ3n) is 5.39. The van der Waals surface area contributed by atoms with Crippen LogP contribution in [0.2, 0.25) is 0 Å². The van der Waals surface area contributed by atoms with E-state index in [1.807, 2.05) is 35.2 Å². The van der Waals surface area contributed by atoms with E-state index in [1.54, 1.807) is 18.5 Å². The van der Waals surface area contributed by atoms with Crippen LogP contribution in [-0.2, 0) is 6.42 Å². The molecule has 0 aliphatic carbocycles. The van der Waals surface area contributed by atoms with E-state index in [0.717, 1.165) is 34.5 Å². The summed E-state index contributed by atoms with van der Waals surface area (Å²) >= 11 is 0. The molecule has 0 saturated carbocycles. The maximum Gasteiger partial charge on any atom is 0.319 e. The van der Waals surface area contributed by atoms with Crippen molar-refractivity contribution in [3.05, 3.63) is 83.9 Å². The smallest absolute Gasteiger partial charge is 0.319 e. The van der Waals surface area contributed by atoms with Crippen molar-refractivity contribution in [1.29, 1.82) is 0 Å². The molecular weight excluding hydrogens is 385 g/mol. The van der Waals surface area contributed by atoms with Crippen LogP contribution in [0.15, 0.2) is 69.8 Å². The van der Waals surface area contributed by atoms with Gasteiger partial charge in [-0.25, -0.2) is 9.37 Å². The molecule has 3 aromatic heterocycles. The van der Waals surface area contributed by atoms with Crippen molar-refractivity contribution in [3.63, 3.8) is 0 Å². The molecule has 30 heavy (non-hydrogen) atoms. The van der Waals surface area contributed by atoms with Crippen LogP contribution in [0.25, 0.3) is 22.4 Å². The lowest BCUT2D eigenvalue weighted by Crippen LogP contribution is -2.36. The Balaban J connectivity index is 1.43. The van der Waals surface area contributed by atoms with Gasteiger partial charge < -0.3 is 18.7 Å². The first kappa shape index (κ1) is 17.0. The van der Waals surface area contributed by atoms with Gasteiger partial charge in [0.1, 0.15) is 23.2 Å². The minimum atomic E-state index is -0.314. The average Bonchev–Trinajstić information content (AvgIpc) is 3.51.